The highest BCUT2D eigenvalue weighted by molar-refractivity contribution is 6.74. The van der Waals surface area contributed by atoms with Crippen LogP contribution in [0.25, 0.3) is 0 Å². The Morgan fingerprint density at radius 1 is 0.920 bits per heavy atom. The monoisotopic (exact) mass is 382 g/mol. The van der Waals surface area contributed by atoms with E-state index in [1.165, 1.54) is 5.57 Å². The minimum absolute atomic E-state index is 0.0357. The first-order valence-electron chi connectivity index (χ1n) is 9.65. The Labute approximate surface area is 156 Å². The maximum absolute atomic E-state index is 12.0. The zero-order chi connectivity index (χ0) is 19.4. The van der Waals surface area contributed by atoms with Gasteiger partial charge in [-0.3, -0.25) is 4.79 Å². The second-order valence-corrected chi connectivity index (χ2v) is 20.5. The smallest absolute Gasteiger partial charge is 0.193 e. The van der Waals surface area contributed by atoms with Crippen molar-refractivity contribution >= 4 is 22.4 Å². The van der Waals surface area contributed by atoms with E-state index in [0.717, 1.165) is 6.42 Å². The second kappa shape index (κ2) is 6.43. The van der Waals surface area contributed by atoms with Gasteiger partial charge in [0.25, 0.3) is 0 Å². The van der Waals surface area contributed by atoms with Crippen LogP contribution in [-0.2, 0) is 13.6 Å². The van der Waals surface area contributed by atoms with E-state index < -0.39 is 16.6 Å². The lowest BCUT2D eigenvalue weighted by Crippen LogP contribution is -2.50. The summed E-state index contributed by atoms with van der Waals surface area (Å²) in [5.41, 5.74) is 1.21. The molecule has 144 valence electrons. The Morgan fingerprint density at radius 2 is 1.40 bits per heavy atom. The van der Waals surface area contributed by atoms with Crippen LogP contribution >= 0.6 is 0 Å². The summed E-state index contributed by atoms with van der Waals surface area (Å²) in [5, 5.41) is 0.326. The van der Waals surface area contributed by atoms with Gasteiger partial charge in [0.2, 0.25) is 0 Å². The molecule has 0 saturated heterocycles. The molecule has 2 aliphatic rings. The third kappa shape index (κ3) is 4.20. The Kier molecular flexibility index (Phi) is 5.42. The van der Waals surface area contributed by atoms with Crippen LogP contribution in [0.2, 0.25) is 36.3 Å². The molecule has 25 heavy (non-hydrogen) atoms. The number of ketones is 1. The molecule has 0 heterocycles. The van der Waals surface area contributed by atoms with Crippen LogP contribution in [0.1, 0.15) is 54.4 Å². The van der Waals surface area contributed by atoms with Gasteiger partial charge in [-0.05, 0) is 60.3 Å². The van der Waals surface area contributed by atoms with Crippen LogP contribution in [0.4, 0.5) is 0 Å². The largest absolute Gasteiger partial charge is 0.411 e. The van der Waals surface area contributed by atoms with Crippen molar-refractivity contribution in [3.8, 4) is 0 Å². The molecular formula is C20H38O3Si2. The standard InChI is InChI=1S/C20H38O3Si2/c1-19(2,3)24(7,8)22-17-12-14-11-15(21)13-16(14)18(17)23-25(9,10)20(4,5)6/h13-14,17-18H,11-12H2,1-10H3/t14-,17-,18-/m0/s1. The topological polar surface area (TPSA) is 35.5 Å². The Balaban J connectivity index is 2.30. The SMILES string of the molecule is CC(C)(C)[Si](C)(C)O[C@H]1C[C@@H]2CC(=O)C=C2[C@@H]1O[Si](C)(C)C(C)(C)C. The average Bonchev–Trinajstić information content (AvgIpc) is 2.84. The van der Waals surface area contributed by atoms with Crippen molar-refractivity contribution in [2.24, 2.45) is 5.92 Å². The van der Waals surface area contributed by atoms with Crippen LogP contribution in [0.15, 0.2) is 11.6 Å². The van der Waals surface area contributed by atoms with Gasteiger partial charge >= 0.3 is 0 Å². The molecule has 3 nitrogen and oxygen atoms in total. The molecular weight excluding hydrogens is 344 g/mol. The molecule has 0 unspecified atom stereocenters. The molecule has 3 atom stereocenters. The zero-order valence-electron chi connectivity index (χ0n) is 17.9. The number of hydrogen-bond acceptors (Lipinski definition) is 3. The molecule has 5 heteroatoms. The minimum Gasteiger partial charge on any atom is -0.411 e. The van der Waals surface area contributed by atoms with Crippen molar-refractivity contribution in [1.82, 2.24) is 0 Å². The molecule has 0 bridgehead atoms. The molecule has 1 fully saturated rings. The minimum atomic E-state index is -1.93. The molecule has 0 aromatic carbocycles. The molecule has 0 N–H and O–H groups in total. The first kappa shape index (κ1) is 21.1. The molecule has 0 aromatic heterocycles. The lowest BCUT2D eigenvalue weighted by molar-refractivity contribution is -0.114. The molecule has 2 rings (SSSR count). The summed E-state index contributed by atoms with van der Waals surface area (Å²) in [6, 6.07) is 0. The predicted molar refractivity (Wildman–Crippen MR) is 110 cm³/mol. The zero-order valence-corrected chi connectivity index (χ0v) is 19.9. The number of rotatable bonds is 4. The summed E-state index contributed by atoms with van der Waals surface area (Å²) in [6.07, 6.45) is 3.50. The van der Waals surface area contributed by atoms with Crippen LogP contribution in [0.5, 0.6) is 0 Å². The first-order chi connectivity index (χ1) is 11.1. The van der Waals surface area contributed by atoms with Gasteiger partial charge < -0.3 is 8.85 Å². The van der Waals surface area contributed by atoms with Gasteiger partial charge in [-0.1, -0.05) is 41.5 Å². The molecule has 1 saturated carbocycles. The Bertz CT molecular complexity index is 564. The first-order valence-corrected chi connectivity index (χ1v) is 15.5. The fraction of sp³-hybridized carbons (Fsp3) is 0.850. The van der Waals surface area contributed by atoms with Gasteiger partial charge in [0.1, 0.15) is 0 Å². The predicted octanol–water partition coefficient (Wildman–Crippen LogP) is 5.69. The average molecular weight is 383 g/mol. The summed E-state index contributed by atoms with van der Waals surface area (Å²) >= 11 is 0. The normalized spacial score (nSPS) is 28.3. The number of carbonyl (C=O) groups excluding carboxylic acids is 1. The quantitative estimate of drug-likeness (QED) is 0.586. The molecule has 0 amide bonds. The Hall–Kier alpha value is -0.236. The van der Waals surface area contributed by atoms with E-state index in [1.54, 1.807) is 0 Å². The number of hydrogen-bond donors (Lipinski definition) is 0. The molecule has 0 radical (unpaired) electrons. The molecule has 2 aliphatic carbocycles. The molecule has 0 spiro atoms. The Morgan fingerprint density at radius 3 is 1.88 bits per heavy atom. The summed E-state index contributed by atoms with van der Waals surface area (Å²) in [4.78, 5) is 12.0. The third-order valence-corrected chi connectivity index (χ3v) is 15.9. The highest BCUT2D eigenvalue weighted by Crippen LogP contribution is 2.48. The van der Waals surface area contributed by atoms with Gasteiger partial charge in [-0.2, -0.15) is 0 Å². The van der Waals surface area contributed by atoms with Gasteiger partial charge in [-0.15, -0.1) is 0 Å². The second-order valence-electron chi connectivity index (χ2n) is 11.0. The van der Waals surface area contributed by atoms with Gasteiger partial charge in [-0.25, -0.2) is 0 Å². The maximum atomic E-state index is 12.0. The molecule has 0 aliphatic heterocycles. The third-order valence-electron chi connectivity index (χ3n) is 6.91. The van der Waals surface area contributed by atoms with Gasteiger partial charge in [0.15, 0.2) is 22.4 Å². The van der Waals surface area contributed by atoms with Crippen molar-refractivity contribution in [2.75, 3.05) is 0 Å². The fourth-order valence-corrected chi connectivity index (χ4v) is 5.79. The van der Waals surface area contributed by atoms with Crippen LogP contribution in [-0.4, -0.2) is 34.6 Å². The van der Waals surface area contributed by atoms with Crippen LogP contribution in [0.3, 0.4) is 0 Å². The molecule has 0 aromatic rings. The summed E-state index contributed by atoms with van der Waals surface area (Å²) < 4.78 is 13.6. The van der Waals surface area contributed by atoms with E-state index >= 15 is 0 Å². The number of carbonyl (C=O) groups is 1. The highest BCUT2D eigenvalue weighted by atomic mass is 28.4. The number of fused-ring (bicyclic) bond motifs is 1. The van der Waals surface area contributed by atoms with Crippen molar-refractivity contribution < 1.29 is 13.6 Å². The van der Waals surface area contributed by atoms with Crippen LogP contribution in [0, 0.1) is 5.92 Å². The van der Waals surface area contributed by atoms with Gasteiger partial charge in [0.05, 0.1) is 12.2 Å². The van der Waals surface area contributed by atoms with E-state index in [9.17, 15) is 4.79 Å². The van der Waals surface area contributed by atoms with E-state index in [0.29, 0.717) is 12.3 Å². The van der Waals surface area contributed by atoms with Crippen molar-refractivity contribution in [3.05, 3.63) is 11.6 Å². The lowest BCUT2D eigenvalue weighted by atomic mass is 10.1. The summed E-state index contributed by atoms with van der Waals surface area (Å²) in [7, 11) is -3.81. The van der Waals surface area contributed by atoms with E-state index in [-0.39, 0.29) is 28.1 Å². The number of allylic oxidation sites excluding steroid dienone is 1. The van der Waals surface area contributed by atoms with E-state index in [2.05, 4.69) is 67.7 Å². The van der Waals surface area contributed by atoms with Gasteiger partial charge in [0, 0.05) is 6.42 Å². The fourth-order valence-electron chi connectivity index (χ4n) is 3.18. The van der Waals surface area contributed by atoms with Crippen molar-refractivity contribution in [1.29, 1.82) is 0 Å². The van der Waals surface area contributed by atoms with E-state index in [1.807, 2.05) is 6.08 Å². The van der Waals surface area contributed by atoms with E-state index in [4.69, 9.17) is 8.85 Å². The highest BCUT2D eigenvalue weighted by Gasteiger charge is 2.51. The summed E-state index contributed by atoms with van der Waals surface area (Å²) in [6.45, 7) is 22.8. The van der Waals surface area contributed by atoms with Crippen LogP contribution < -0.4 is 0 Å². The van der Waals surface area contributed by atoms with Crippen molar-refractivity contribution in [2.45, 2.75) is 103 Å². The lowest BCUT2D eigenvalue weighted by Gasteiger charge is -2.43. The van der Waals surface area contributed by atoms with Crippen molar-refractivity contribution in [3.63, 3.8) is 0 Å². The summed E-state index contributed by atoms with van der Waals surface area (Å²) in [5.74, 6) is 0.589. The maximum Gasteiger partial charge on any atom is 0.193 e.